The zero-order valence-electron chi connectivity index (χ0n) is 7.13. The molecule has 2 radical (unpaired) electrons. The van der Waals surface area contributed by atoms with Gasteiger partial charge >= 0.3 is 0 Å². The van der Waals surface area contributed by atoms with E-state index in [1.165, 1.54) is 0 Å². The largest absolute Gasteiger partial charge is 0.461 e. The van der Waals surface area contributed by atoms with Crippen molar-refractivity contribution in [2.24, 2.45) is 0 Å². The summed E-state index contributed by atoms with van der Waals surface area (Å²) in [5, 5.41) is 4.27. The molecule has 0 spiro atoms. The monoisotopic (exact) mass is 171 g/mol. The molecule has 2 nitrogen and oxygen atoms in total. The molecule has 0 aliphatic carbocycles. The van der Waals surface area contributed by atoms with Crippen LogP contribution in [0.4, 0.5) is 0 Å². The first kappa shape index (κ1) is 7.15. The van der Waals surface area contributed by atoms with Crippen molar-refractivity contribution < 1.29 is 4.42 Å². The molecule has 1 aliphatic rings. The Bertz CT molecular complexity index is 444. The first-order valence-electron chi connectivity index (χ1n) is 4.44. The van der Waals surface area contributed by atoms with Crippen LogP contribution in [0.2, 0.25) is 0 Å². The molecule has 1 aliphatic heterocycles. The molecule has 64 valence electrons. The van der Waals surface area contributed by atoms with Crippen molar-refractivity contribution in [1.29, 1.82) is 0 Å². The van der Waals surface area contributed by atoms with Crippen molar-refractivity contribution in [3.8, 4) is 0 Å². The van der Waals surface area contributed by atoms with Crippen LogP contribution in [0.5, 0.6) is 0 Å². The summed E-state index contributed by atoms with van der Waals surface area (Å²) < 4.78 is 5.69. The van der Waals surface area contributed by atoms with Crippen molar-refractivity contribution in [1.82, 2.24) is 5.32 Å². The summed E-state index contributed by atoms with van der Waals surface area (Å²) in [5.41, 5.74) is 2.06. The molecule has 1 aromatic carbocycles. The topological polar surface area (TPSA) is 25.2 Å². The van der Waals surface area contributed by atoms with E-state index in [9.17, 15) is 0 Å². The number of hydrogen-bond acceptors (Lipinski definition) is 2. The van der Waals surface area contributed by atoms with Crippen molar-refractivity contribution in [2.75, 3.05) is 6.54 Å². The van der Waals surface area contributed by atoms with Gasteiger partial charge in [-0.15, -0.1) is 0 Å². The van der Waals surface area contributed by atoms with Gasteiger partial charge in [-0.1, -0.05) is 18.2 Å². The van der Waals surface area contributed by atoms with Crippen LogP contribution in [0.15, 0.2) is 28.7 Å². The number of furan rings is 1. The van der Waals surface area contributed by atoms with Crippen LogP contribution >= 0.6 is 0 Å². The number of hydrogen-bond donors (Lipinski definition) is 1. The molecular weight excluding hydrogens is 162 g/mol. The third-order valence-electron chi connectivity index (χ3n) is 2.36. The Kier molecular flexibility index (Phi) is 1.43. The average molecular weight is 171 g/mol. The Labute approximate surface area is 76.5 Å². The molecule has 0 atom stereocenters. The van der Waals surface area contributed by atoms with Crippen molar-refractivity contribution >= 4 is 11.0 Å². The van der Waals surface area contributed by atoms with Gasteiger partial charge in [0.15, 0.2) is 0 Å². The average Bonchev–Trinajstić information content (AvgIpc) is 2.56. The maximum absolute atomic E-state index is 5.69. The van der Waals surface area contributed by atoms with Crippen LogP contribution in [0.1, 0.15) is 11.3 Å². The highest BCUT2D eigenvalue weighted by Gasteiger charge is 2.17. The van der Waals surface area contributed by atoms with Gasteiger partial charge < -0.3 is 9.73 Å². The van der Waals surface area contributed by atoms with Gasteiger partial charge in [-0.2, -0.15) is 0 Å². The van der Waals surface area contributed by atoms with Crippen LogP contribution in [-0.2, 0) is 6.42 Å². The van der Waals surface area contributed by atoms with E-state index in [0.717, 1.165) is 35.3 Å². The van der Waals surface area contributed by atoms with E-state index >= 15 is 0 Å². The lowest BCUT2D eigenvalue weighted by Crippen LogP contribution is -2.20. The molecule has 2 heterocycles. The number of rotatable bonds is 0. The molecule has 13 heavy (non-hydrogen) atoms. The molecule has 2 heteroatoms. The fraction of sp³-hybridized carbons (Fsp3) is 0.182. The molecule has 1 aromatic heterocycles. The summed E-state index contributed by atoms with van der Waals surface area (Å²) >= 11 is 0. The van der Waals surface area contributed by atoms with Crippen LogP contribution in [0, 0.1) is 6.54 Å². The van der Waals surface area contributed by atoms with Gasteiger partial charge in [0.25, 0.3) is 0 Å². The predicted octanol–water partition coefficient (Wildman–Crippen LogP) is 1.97. The van der Waals surface area contributed by atoms with Crippen molar-refractivity contribution in [3.05, 3.63) is 42.1 Å². The van der Waals surface area contributed by atoms with Crippen molar-refractivity contribution in [3.63, 3.8) is 0 Å². The van der Waals surface area contributed by atoms with E-state index < -0.39 is 0 Å². The highest BCUT2D eigenvalue weighted by atomic mass is 16.3. The normalized spacial score (nSPS) is 16.0. The lowest BCUT2D eigenvalue weighted by Gasteiger charge is -2.09. The fourth-order valence-corrected chi connectivity index (χ4v) is 1.74. The van der Waals surface area contributed by atoms with Gasteiger partial charge in [0.2, 0.25) is 0 Å². The van der Waals surface area contributed by atoms with Crippen LogP contribution in [-0.4, -0.2) is 6.54 Å². The molecule has 1 N–H and O–H groups in total. The first-order chi connectivity index (χ1) is 6.45. The van der Waals surface area contributed by atoms with Gasteiger partial charge in [0.1, 0.15) is 11.3 Å². The highest BCUT2D eigenvalue weighted by molar-refractivity contribution is 5.83. The van der Waals surface area contributed by atoms with Gasteiger partial charge in [0.05, 0.1) is 6.54 Å². The van der Waals surface area contributed by atoms with E-state index in [0.29, 0.717) is 0 Å². The second-order valence-electron chi connectivity index (χ2n) is 3.20. The third kappa shape index (κ3) is 0.988. The molecule has 0 unspecified atom stereocenters. The quantitative estimate of drug-likeness (QED) is 0.655. The van der Waals surface area contributed by atoms with Crippen molar-refractivity contribution in [2.45, 2.75) is 6.42 Å². The molecule has 2 aromatic rings. The Morgan fingerprint density at radius 3 is 3.23 bits per heavy atom. The zero-order valence-corrected chi connectivity index (χ0v) is 7.13. The predicted molar refractivity (Wildman–Crippen MR) is 50.3 cm³/mol. The lowest BCUT2D eigenvalue weighted by molar-refractivity contribution is 0.525. The number of benzene rings is 1. The highest BCUT2D eigenvalue weighted by Crippen LogP contribution is 2.28. The smallest absolute Gasteiger partial charge is 0.134 e. The summed E-state index contributed by atoms with van der Waals surface area (Å²) in [6.07, 6.45) is 0.955. The minimum atomic E-state index is 0.923. The number of nitrogens with one attached hydrogen (secondary N) is 1. The van der Waals surface area contributed by atoms with E-state index in [1.54, 1.807) is 0 Å². The van der Waals surface area contributed by atoms with E-state index in [2.05, 4.69) is 17.9 Å². The van der Waals surface area contributed by atoms with Crippen LogP contribution < -0.4 is 5.32 Å². The summed E-state index contributed by atoms with van der Waals surface area (Å²) in [4.78, 5) is 0. The maximum atomic E-state index is 5.69. The minimum Gasteiger partial charge on any atom is -0.461 e. The Morgan fingerprint density at radius 2 is 2.23 bits per heavy atom. The lowest BCUT2D eigenvalue weighted by atomic mass is 10.1. The Hall–Kier alpha value is -1.28. The fourth-order valence-electron chi connectivity index (χ4n) is 1.74. The first-order valence-corrected chi connectivity index (χ1v) is 4.44. The van der Waals surface area contributed by atoms with E-state index in [4.69, 9.17) is 4.42 Å². The second kappa shape index (κ2) is 2.60. The summed E-state index contributed by atoms with van der Waals surface area (Å²) in [5.74, 6) is 1.06. The SMILES string of the molecule is [C]1NCCc2oc3ccccc3c21. The van der Waals surface area contributed by atoms with E-state index in [-0.39, 0.29) is 0 Å². The van der Waals surface area contributed by atoms with Crippen LogP contribution in [0.25, 0.3) is 11.0 Å². The standard InChI is InChI=1S/C11H9NO/c1-2-4-10-8(3-1)9-7-12-6-5-11(9)13-10/h1-4,12H,5-6H2. The summed E-state index contributed by atoms with van der Waals surface area (Å²) in [6.45, 7) is 4.07. The molecule has 0 bridgehead atoms. The summed E-state index contributed by atoms with van der Waals surface area (Å²) in [7, 11) is 0. The van der Waals surface area contributed by atoms with Gasteiger partial charge in [-0.3, -0.25) is 0 Å². The molecule has 0 fully saturated rings. The Balaban J connectivity index is 2.34. The zero-order chi connectivity index (χ0) is 8.67. The molecule has 3 rings (SSSR count). The Morgan fingerprint density at radius 1 is 1.31 bits per heavy atom. The van der Waals surface area contributed by atoms with Gasteiger partial charge in [-0.25, -0.2) is 0 Å². The van der Waals surface area contributed by atoms with Crippen LogP contribution in [0.3, 0.4) is 0 Å². The number of para-hydroxylation sites is 1. The van der Waals surface area contributed by atoms with Gasteiger partial charge in [0, 0.05) is 23.9 Å². The molecule has 0 saturated heterocycles. The third-order valence-corrected chi connectivity index (χ3v) is 2.36. The molecule has 0 saturated carbocycles. The second-order valence-corrected chi connectivity index (χ2v) is 3.20. The van der Waals surface area contributed by atoms with E-state index in [1.807, 2.05) is 18.2 Å². The maximum Gasteiger partial charge on any atom is 0.134 e. The summed E-state index contributed by atoms with van der Waals surface area (Å²) in [6, 6.07) is 8.08. The molecular formula is C11H9NO. The minimum absolute atomic E-state index is 0.923. The number of fused-ring (bicyclic) bond motifs is 3. The van der Waals surface area contributed by atoms with Gasteiger partial charge in [-0.05, 0) is 6.07 Å². The molecule has 0 amide bonds.